The van der Waals surface area contributed by atoms with Gasteiger partial charge in [0.05, 0.1) is 12.0 Å². The molecule has 0 heterocycles. The molecule has 0 saturated heterocycles. The largest absolute Gasteiger partial charge is 0.460 e. The van der Waals surface area contributed by atoms with Crippen LogP contribution in [-0.2, 0) is 9.53 Å². The molecule has 0 unspecified atom stereocenters. The molecule has 0 aromatic rings. The number of nitriles is 1. The molecule has 0 atom stereocenters. The summed E-state index contributed by atoms with van der Waals surface area (Å²) in [6.07, 6.45) is 3.26. The fraction of sp³-hybridized carbons (Fsp3) is 0.833. The van der Waals surface area contributed by atoms with E-state index in [0.717, 1.165) is 25.7 Å². The lowest BCUT2D eigenvalue weighted by atomic mass is 9.83. The van der Waals surface area contributed by atoms with E-state index in [1.165, 1.54) is 0 Å². The van der Waals surface area contributed by atoms with Crippen LogP contribution in [-0.4, -0.2) is 11.6 Å². The van der Waals surface area contributed by atoms with Crippen molar-refractivity contribution in [1.29, 1.82) is 5.26 Å². The summed E-state index contributed by atoms with van der Waals surface area (Å²) in [5.41, 5.74) is -0.400. The number of nitrogens with zero attached hydrogens (tertiary/aromatic N) is 1. The van der Waals surface area contributed by atoms with Gasteiger partial charge in [0.15, 0.2) is 0 Å². The molecule has 0 radical (unpaired) electrons. The van der Waals surface area contributed by atoms with Crippen LogP contribution in [0.1, 0.15) is 46.5 Å². The van der Waals surface area contributed by atoms with Crippen LogP contribution in [0.4, 0.5) is 0 Å². The summed E-state index contributed by atoms with van der Waals surface area (Å²) >= 11 is 0. The lowest BCUT2D eigenvalue weighted by Crippen LogP contribution is -2.30. The van der Waals surface area contributed by atoms with E-state index >= 15 is 0 Å². The first-order chi connectivity index (χ1) is 6.92. The van der Waals surface area contributed by atoms with Gasteiger partial charge in [-0.1, -0.05) is 0 Å². The average Bonchev–Trinajstić information content (AvgIpc) is 2.15. The van der Waals surface area contributed by atoms with E-state index in [0.29, 0.717) is 0 Å². The molecule has 1 aliphatic rings. The Morgan fingerprint density at radius 3 is 2.20 bits per heavy atom. The average molecular weight is 209 g/mol. The van der Waals surface area contributed by atoms with Crippen molar-refractivity contribution in [3.8, 4) is 6.07 Å². The van der Waals surface area contributed by atoms with Crippen molar-refractivity contribution in [2.45, 2.75) is 52.1 Å². The number of esters is 1. The van der Waals surface area contributed by atoms with Gasteiger partial charge in [0.1, 0.15) is 5.60 Å². The Morgan fingerprint density at radius 2 is 1.80 bits per heavy atom. The Morgan fingerprint density at radius 1 is 1.27 bits per heavy atom. The first-order valence-corrected chi connectivity index (χ1v) is 5.55. The number of hydrogen-bond donors (Lipinski definition) is 0. The zero-order valence-electron chi connectivity index (χ0n) is 9.75. The minimum atomic E-state index is -0.400. The molecule has 3 nitrogen and oxygen atoms in total. The Hall–Kier alpha value is -1.04. The highest BCUT2D eigenvalue weighted by atomic mass is 16.6. The highest BCUT2D eigenvalue weighted by Gasteiger charge is 2.29. The van der Waals surface area contributed by atoms with E-state index in [1.54, 1.807) is 0 Å². The number of carbonyl (C=O) groups is 1. The molecular formula is C12H19NO2. The van der Waals surface area contributed by atoms with Gasteiger partial charge >= 0.3 is 5.97 Å². The highest BCUT2D eigenvalue weighted by Crippen LogP contribution is 2.30. The molecule has 1 rings (SSSR count). The fourth-order valence-electron chi connectivity index (χ4n) is 1.84. The Labute approximate surface area is 91.4 Å². The zero-order chi connectivity index (χ0) is 11.5. The number of rotatable bonds is 1. The third kappa shape index (κ3) is 3.91. The van der Waals surface area contributed by atoms with Gasteiger partial charge in [0, 0.05) is 5.92 Å². The van der Waals surface area contributed by atoms with Crippen LogP contribution in [0.5, 0.6) is 0 Å². The second-order valence-electron chi connectivity index (χ2n) is 5.21. The van der Waals surface area contributed by atoms with Crippen molar-refractivity contribution < 1.29 is 9.53 Å². The minimum Gasteiger partial charge on any atom is -0.460 e. The molecule has 0 aromatic carbocycles. The SMILES string of the molecule is CC(C)(C)OC(=O)C1CCC(C#N)CC1. The molecule has 0 bridgehead atoms. The molecule has 3 heteroatoms. The minimum absolute atomic E-state index is 0.00817. The quantitative estimate of drug-likeness (QED) is 0.624. The second-order valence-corrected chi connectivity index (χ2v) is 5.21. The first-order valence-electron chi connectivity index (χ1n) is 5.55. The third-order valence-corrected chi connectivity index (χ3v) is 2.65. The lowest BCUT2D eigenvalue weighted by Gasteiger charge is -2.27. The van der Waals surface area contributed by atoms with Crippen LogP contribution in [0.3, 0.4) is 0 Å². The summed E-state index contributed by atoms with van der Waals surface area (Å²) in [7, 11) is 0. The van der Waals surface area contributed by atoms with Crippen molar-refractivity contribution in [2.75, 3.05) is 0 Å². The Balaban J connectivity index is 2.41. The van der Waals surface area contributed by atoms with E-state index in [2.05, 4.69) is 6.07 Å². The molecule has 15 heavy (non-hydrogen) atoms. The summed E-state index contributed by atoms with van der Waals surface area (Å²) in [6.45, 7) is 5.64. The lowest BCUT2D eigenvalue weighted by molar-refractivity contribution is -0.161. The van der Waals surface area contributed by atoms with Crippen LogP contribution in [0, 0.1) is 23.2 Å². The van der Waals surface area contributed by atoms with Gasteiger partial charge in [-0.3, -0.25) is 4.79 Å². The maximum absolute atomic E-state index is 11.7. The molecule has 0 N–H and O–H groups in total. The van der Waals surface area contributed by atoms with Gasteiger partial charge in [-0.25, -0.2) is 0 Å². The monoisotopic (exact) mass is 209 g/mol. The molecule has 0 amide bonds. The van der Waals surface area contributed by atoms with Crippen molar-refractivity contribution in [2.24, 2.45) is 11.8 Å². The maximum Gasteiger partial charge on any atom is 0.309 e. The van der Waals surface area contributed by atoms with E-state index in [-0.39, 0.29) is 17.8 Å². The van der Waals surface area contributed by atoms with Crippen LogP contribution >= 0.6 is 0 Å². The topological polar surface area (TPSA) is 50.1 Å². The molecule has 1 fully saturated rings. The molecule has 0 aliphatic heterocycles. The van der Waals surface area contributed by atoms with Gasteiger partial charge in [0.25, 0.3) is 0 Å². The normalized spacial score (nSPS) is 26.8. The van der Waals surface area contributed by atoms with Crippen molar-refractivity contribution in [1.82, 2.24) is 0 Å². The third-order valence-electron chi connectivity index (χ3n) is 2.65. The van der Waals surface area contributed by atoms with Gasteiger partial charge < -0.3 is 4.74 Å². The second kappa shape index (κ2) is 4.65. The summed E-state index contributed by atoms with van der Waals surface area (Å²) in [6, 6.07) is 2.26. The Bertz CT molecular complexity index is 264. The fourth-order valence-corrected chi connectivity index (χ4v) is 1.84. The van der Waals surface area contributed by atoms with E-state index in [1.807, 2.05) is 20.8 Å². The molecular weight excluding hydrogens is 190 g/mol. The molecule has 0 aromatic heterocycles. The van der Waals surface area contributed by atoms with Gasteiger partial charge in [-0.2, -0.15) is 5.26 Å². The smallest absolute Gasteiger partial charge is 0.309 e. The summed E-state index contributed by atoms with van der Waals surface area (Å²) in [4.78, 5) is 11.7. The van der Waals surface area contributed by atoms with Crippen LogP contribution in [0.2, 0.25) is 0 Å². The predicted octanol–water partition coefficient (Wildman–Crippen LogP) is 2.66. The predicted molar refractivity (Wildman–Crippen MR) is 56.9 cm³/mol. The Kier molecular flexibility index (Phi) is 3.73. The molecule has 0 spiro atoms. The van der Waals surface area contributed by atoms with Crippen molar-refractivity contribution in [3.63, 3.8) is 0 Å². The number of hydrogen-bond acceptors (Lipinski definition) is 3. The molecule has 1 aliphatic carbocycles. The first kappa shape index (κ1) is 12.0. The summed E-state index contributed by atoms with van der Waals surface area (Å²) in [5.74, 6) is 0.0522. The molecule has 84 valence electrons. The van der Waals surface area contributed by atoms with Gasteiger partial charge in [-0.05, 0) is 46.5 Å². The summed E-state index contributed by atoms with van der Waals surface area (Å²) < 4.78 is 5.32. The maximum atomic E-state index is 11.7. The van der Waals surface area contributed by atoms with E-state index in [4.69, 9.17) is 10.00 Å². The van der Waals surface area contributed by atoms with E-state index < -0.39 is 5.60 Å². The highest BCUT2D eigenvalue weighted by molar-refractivity contribution is 5.73. The van der Waals surface area contributed by atoms with E-state index in [9.17, 15) is 4.79 Å². The van der Waals surface area contributed by atoms with Crippen molar-refractivity contribution >= 4 is 5.97 Å². The van der Waals surface area contributed by atoms with Gasteiger partial charge in [-0.15, -0.1) is 0 Å². The van der Waals surface area contributed by atoms with Crippen molar-refractivity contribution in [3.05, 3.63) is 0 Å². The summed E-state index contributed by atoms with van der Waals surface area (Å²) in [5, 5.41) is 8.74. The standard InChI is InChI=1S/C12H19NO2/c1-12(2,3)15-11(14)10-6-4-9(8-13)5-7-10/h9-10H,4-7H2,1-3H3. The molecule has 1 saturated carbocycles. The van der Waals surface area contributed by atoms with Crippen LogP contribution in [0.15, 0.2) is 0 Å². The zero-order valence-corrected chi connectivity index (χ0v) is 9.75. The number of ether oxygens (including phenoxy) is 1. The number of carbonyl (C=O) groups excluding carboxylic acids is 1. The van der Waals surface area contributed by atoms with Gasteiger partial charge in [0.2, 0.25) is 0 Å². The van der Waals surface area contributed by atoms with Crippen LogP contribution in [0.25, 0.3) is 0 Å². The van der Waals surface area contributed by atoms with Crippen LogP contribution < -0.4 is 0 Å².